The van der Waals surface area contributed by atoms with E-state index in [-0.39, 0.29) is 5.54 Å². The molecule has 2 fully saturated rings. The second kappa shape index (κ2) is 5.50. The Morgan fingerprint density at radius 1 is 1.15 bits per heavy atom. The van der Waals surface area contributed by atoms with Crippen LogP contribution in [0.2, 0.25) is 0 Å². The largest absolute Gasteiger partial charge is 0.308 e. The van der Waals surface area contributed by atoms with E-state index in [1.54, 1.807) is 0 Å². The summed E-state index contributed by atoms with van der Waals surface area (Å²) < 4.78 is 0. The molecule has 2 atom stereocenters. The van der Waals surface area contributed by atoms with Gasteiger partial charge in [-0.1, -0.05) is 24.3 Å². The van der Waals surface area contributed by atoms with Crippen LogP contribution in [0.15, 0.2) is 24.3 Å². The molecule has 110 valence electrons. The first kappa shape index (κ1) is 14.1. The van der Waals surface area contributed by atoms with E-state index in [4.69, 9.17) is 0 Å². The van der Waals surface area contributed by atoms with Crippen LogP contribution in [0.1, 0.15) is 51.2 Å². The van der Waals surface area contributed by atoms with E-state index in [1.807, 2.05) is 0 Å². The summed E-state index contributed by atoms with van der Waals surface area (Å²) in [5.74, 6) is 0.986. The van der Waals surface area contributed by atoms with E-state index in [0.717, 1.165) is 25.0 Å². The predicted octanol–water partition coefficient (Wildman–Crippen LogP) is 3.56. The Hall–Kier alpha value is -0.860. The van der Waals surface area contributed by atoms with Gasteiger partial charge in [0.1, 0.15) is 0 Å². The van der Waals surface area contributed by atoms with Gasteiger partial charge in [-0.2, -0.15) is 0 Å². The monoisotopic (exact) mass is 272 g/mol. The number of hydrogen-bond donors (Lipinski definition) is 1. The van der Waals surface area contributed by atoms with Crippen LogP contribution in [0.5, 0.6) is 0 Å². The summed E-state index contributed by atoms with van der Waals surface area (Å²) in [6, 6.07) is 9.81. The SMILES string of the molecule is CC(C)(C)NCc1ccccc1CN1CC2CCC1C2. The van der Waals surface area contributed by atoms with Crippen LogP contribution in [-0.4, -0.2) is 23.0 Å². The molecule has 2 nitrogen and oxygen atoms in total. The molecule has 0 spiro atoms. The van der Waals surface area contributed by atoms with Crippen LogP contribution in [-0.2, 0) is 13.1 Å². The molecule has 1 aliphatic heterocycles. The average molecular weight is 272 g/mol. The Morgan fingerprint density at radius 3 is 2.50 bits per heavy atom. The summed E-state index contributed by atoms with van der Waals surface area (Å²) in [7, 11) is 0. The fourth-order valence-electron chi connectivity index (χ4n) is 3.68. The number of rotatable bonds is 4. The van der Waals surface area contributed by atoms with E-state index in [2.05, 4.69) is 55.3 Å². The molecule has 2 aliphatic rings. The van der Waals surface area contributed by atoms with Gasteiger partial charge >= 0.3 is 0 Å². The van der Waals surface area contributed by atoms with Gasteiger partial charge in [0.25, 0.3) is 0 Å². The van der Waals surface area contributed by atoms with Crippen molar-refractivity contribution in [2.75, 3.05) is 6.54 Å². The third kappa shape index (κ3) is 3.24. The zero-order valence-corrected chi connectivity index (χ0v) is 13.2. The topological polar surface area (TPSA) is 15.3 Å². The quantitative estimate of drug-likeness (QED) is 0.901. The highest BCUT2D eigenvalue weighted by atomic mass is 15.2. The lowest BCUT2D eigenvalue weighted by molar-refractivity contribution is 0.204. The number of benzene rings is 1. The number of fused-ring (bicyclic) bond motifs is 2. The summed E-state index contributed by atoms with van der Waals surface area (Å²) in [4.78, 5) is 2.71. The van der Waals surface area contributed by atoms with Crippen LogP contribution in [0.4, 0.5) is 0 Å². The molecule has 0 radical (unpaired) electrons. The van der Waals surface area contributed by atoms with Crippen molar-refractivity contribution in [3.05, 3.63) is 35.4 Å². The van der Waals surface area contributed by atoms with Gasteiger partial charge in [0, 0.05) is 31.2 Å². The van der Waals surface area contributed by atoms with Crippen LogP contribution in [0.3, 0.4) is 0 Å². The van der Waals surface area contributed by atoms with Gasteiger partial charge in [0.15, 0.2) is 0 Å². The summed E-state index contributed by atoms with van der Waals surface area (Å²) in [5, 5.41) is 3.62. The highest BCUT2D eigenvalue weighted by Gasteiger charge is 2.37. The molecule has 3 rings (SSSR count). The van der Waals surface area contributed by atoms with Crippen molar-refractivity contribution < 1.29 is 0 Å². The highest BCUT2D eigenvalue weighted by Crippen LogP contribution is 2.38. The van der Waals surface area contributed by atoms with E-state index in [9.17, 15) is 0 Å². The van der Waals surface area contributed by atoms with Crippen LogP contribution in [0.25, 0.3) is 0 Å². The van der Waals surface area contributed by atoms with Crippen molar-refractivity contribution in [2.45, 2.75) is 64.7 Å². The first-order chi connectivity index (χ1) is 9.51. The van der Waals surface area contributed by atoms with Gasteiger partial charge in [0.05, 0.1) is 0 Å². The molecule has 1 aromatic carbocycles. The molecule has 2 unspecified atom stereocenters. The van der Waals surface area contributed by atoms with Crippen LogP contribution >= 0.6 is 0 Å². The summed E-state index contributed by atoms with van der Waals surface area (Å²) >= 11 is 0. The van der Waals surface area contributed by atoms with Gasteiger partial charge in [-0.15, -0.1) is 0 Å². The maximum atomic E-state index is 3.62. The van der Waals surface area contributed by atoms with E-state index >= 15 is 0 Å². The molecule has 1 saturated heterocycles. The second-order valence-electron chi connectivity index (χ2n) is 7.63. The third-order valence-electron chi connectivity index (χ3n) is 4.82. The fourth-order valence-corrected chi connectivity index (χ4v) is 3.68. The van der Waals surface area contributed by atoms with Gasteiger partial charge in [0.2, 0.25) is 0 Å². The molecule has 1 aliphatic carbocycles. The fraction of sp³-hybridized carbons (Fsp3) is 0.667. The second-order valence-corrected chi connectivity index (χ2v) is 7.63. The number of likely N-dealkylation sites (tertiary alicyclic amines) is 1. The zero-order chi connectivity index (χ0) is 14.2. The van der Waals surface area contributed by atoms with E-state index in [1.165, 1.54) is 36.9 Å². The smallest absolute Gasteiger partial charge is 0.0240 e. The molecular formula is C18H28N2. The Kier molecular flexibility index (Phi) is 3.87. The first-order valence-electron chi connectivity index (χ1n) is 8.07. The molecule has 1 saturated carbocycles. The maximum Gasteiger partial charge on any atom is 0.0240 e. The molecule has 0 aromatic heterocycles. The molecule has 1 aromatic rings. The normalized spacial score (nSPS) is 26.4. The summed E-state index contributed by atoms with van der Waals surface area (Å²) in [6.07, 6.45) is 4.34. The Morgan fingerprint density at radius 2 is 1.90 bits per heavy atom. The van der Waals surface area contributed by atoms with Crippen LogP contribution < -0.4 is 5.32 Å². The Bertz CT molecular complexity index is 461. The van der Waals surface area contributed by atoms with Crippen molar-refractivity contribution in [1.29, 1.82) is 0 Å². The summed E-state index contributed by atoms with van der Waals surface area (Å²) in [6.45, 7) is 10.1. The molecule has 2 heteroatoms. The predicted molar refractivity (Wildman–Crippen MR) is 84.6 cm³/mol. The Balaban J connectivity index is 1.67. The first-order valence-corrected chi connectivity index (χ1v) is 8.07. The number of piperidine rings is 1. The lowest BCUT2D eigenvalue weighted by Crippen LogP contribution is -2.36. The van der Waals surface area contributed by atoms with Crippen molar-refractivity contribution in [2.24, 2.45) is 5.92 Å². The maximum absolute atomic E-state index is 3.62. The van der Waals surface area contributed by atoms with Crippen molar-refractivity contribution in [3.63, 3.8) is 0 Å². The van der Waals surface area contributed by atoms with Gasteiger partial charge < -0.3 is 5.32 Å². The van der Waals surface area contributed by atoms with Crippen molar-refractivity contribution >= 4 is 0 Å². The summed E-state index contributed by atoms with van der Waals surface area (Å²) in [5.41, 5.74) is 3.15. The molecule has 20 heavy (non-hydrogen) atoms. The lowest BCUT2D eigenvalue weighted by Gasteiger charge is -2.28. The average Bonchev–Trinajstić information content (AvgIpc) is 2.99. The molecule has 2 bridgehead atoms. The Labute approximate surface area is 123 Å². The number of hydrogen-bond acceptors (Lipinski definition) is 2. The lowest BCUT2D eigenvalue weighted by atomic mass is 10.0. The van der Waals surface area contributed by atoms with E-state index < -0.39 is 0 Å². The minimum atomic E-state index is 0.180. The zero-order valence-electron chi connectivity index (χ0n) is 13.2. The molecule has 1 heterocycles. The third-order valence-corrected chi connectivity index (χ3v) is 4.82. The molecule has 0 amide bonds. The van der Waals surface area contributed by atoms with Gasteiger partial charge in [-0.3, -0.25) is 4.90 Å². The standard InChI is InChI=1S/C18H28N2/c1-18(2,3)19-11-15-6-4-5-7-16(15)13-20-12-14-8-9-17(20)10-14/h4-7,14,17,19H,8-13H2,1-3H3. The minimum absolute atomic E-state index is 0.180. The van der Waals surface area contributed by atoms with Gasteiger partial charge in [-0.05, 0) is 57.1 Å². The minimum Gasteiger partial charge on any atom is -0.308 e. The van der Waals surface area contributed by atoms with Crippen LogP contribution in [0, 0.1) is 5.92 Å². The highest BCUT2D eigenvalue weighted by molar-refractivity contribution is 5.27. The molecule has 1 N–H and O–H groups in total. The number of nitrogens with one attached hydrogen (secondary N) is 1. The molecular weight excluding hydrogens is 244 g/mol. The van der Waals surface area contributed by atoms with Crippen molar-refractivity contribution in [1.82, 2.24) is 10.2 Å². The van der Waals surface area contributed by atoms with E-state index in [0.29, 0.717) is 0 Å². The van der Waals surface area contributed by atoms with Gasteiger partial charge in [-0.25, -0.2) is 0 Å². The van der Waals surface area contributed by atoms with Crippen molar-refractivity contribution in [3.8, 4) is 0 Å². The number of nitrogens with zero attached hydrogens (tertiary/aromatic N) is 1.